The molecule has 156 valence electrons. The Morgan fingerprint density at radius 1 is 1.32 bits per heavy atom. The molecule has 1 aliphatic rings. The van der Waals surface area contributed by atoms with Crippen molar-refractivity contribution in [3.05, 3.63) is 34.5 Å². The lowest BCUT2D eigenvalue weighted by Gasteiger charge is -2.32. The predicted octanol–water partition coefficient (Wildman–Crippen LogP) is 2.60. The van der Waals surface area contributed by atoms with E-state index in [2.05, 4.69) is 59.7 Å². The van der Waals surface area contributed by atoms with Crippen LogP contribution in [0.5, 0.6) is 0 Å². The van der Waals surface area contributed by atoms with E-state index in [9.17, 15) is 0 Å². The zero-order valence-corrected chi connectivity index (χ0v) is 20.0. The molecule has 1 fully saturated rings. The summed E-state index contributed by atoms with van der Waals surface area (Å²) in [5, 5.41) is 17.1. The van der Waals surface area contributed by atoms with E-state index in [0.29, 0.717) is 5.92 Å². The first-order chi connectivity index (χ1) is 13.3. The second-order valence-electron chi connectivity index (χ2n) is 6.97. The number of nitrogens with zero attached hydrogens (tertiary/aromatic N) is 5. The van der Waals surface area contributed by atoms with E-state index in [-0.39, 0.29) is 24.0 Å². The Hall–Kier alpha value is -1.20. The Bertz CT molecular complexity index is 693. The van der Waals surface area contributed by atoms with Crippen LogP contribution in [0, 0.1) is 5.92 Å². The molecule has 0 saturated carbocycles. The molecule has 0 radical (unpaired) electrons. The molecule has 3 rings (SSSR count). The molecule has 0 unspecified atom stereocenters. The maximum atomic E-state index is 4.34. The summed E-state index contributed by atoms with van der Waals surface area (Å²) in [5.41, 5.74) is 0. The Kier molecular flexibility index (Phi) is 10.2. The highest BCUT2D eigenvalue weighted by Gasteiger charge is 2.19. The van der Waals surface area contributed by atoms with Gasteiger partial charge < -0.3 is 15.2 Å². The Labute approximate surface area is 189 Å². The number of thiophene rings is 1. The van der Waals surface area contributed by atoms with Crippen molar-refractivity contribution in [1.82, 2.24) is 30.3 Å². The van der Waals surface area contributed by atoms with E-state index in [4.69, 9.17) is 0 Å². The van der Waals surface area contributed by atoms with E-state index >= 15 is 0 Å². The molecule has 3 heterocycles. The summed E-state index contributed by atoms with van der Waals surface area (Å²) in [6.07, 6.45) is 5.19. The number of likely N-dealkylation sites (tertiary alicyclic amines) is 1. The van der Waals surface area contributed by atoms with Crippen molar-refractivity contribution in [2.75, 3.05) is 33.2 Å². The fourth-order valence-corrected chi connectivity index (χ4v) is 4.21. The number of hydrogen-bond donors (Lipinski definition) is 2. The van der Waals surface area contributed by atoms with Gasteiger partial charge in [-0.3, -0.25) is 9.89 Å². The van der Waals surface area contributed by atoms with Gasteiger partial charge in [-0.15, -0.1) is 45.5 Å². The lowest BCUT2D eigenvalue weighted by atomic mass is 9.97. The molecule has 2 aromatic rings. The highest BCUT2D eigenvalue weighted by molar-refractivity contribution is 14.0. The molecular weight excluding hydrogens is 485 g/mol. The van der Waals surface area contributed by atoms with Gasteiger partial charge in [0.2, 0.25) is 0 Å². The molecule has 0 bridgehead atoms. The van der Waals surface area contributed by atoms with Crippen LogP contribution in [0.25, 0.3) is 0 Å². The van der Waals surface area contributed by atoms with Gasteiger partial charge in [0.1, 0.15) is 12.2 Å². The molecule has 7 nitrogen and oxygen atoms in total. The number of aryl methyl sites for hydroxylation is 1. The van der Waals surface area contributed by atoms with Crippen LogP contribution < -0.4 is 10.6 Å². The minimum atomic E-state index is 0. The number of nitrogens with one attached hydrogen (secondary N) is 2. The summed E-state index contributed by atoms with van der Waals surface area (Å²) in [6, 6.07) is 4.37. The zero-order chi connectivity index (χ0) is 18.9. The molecule has 0 aliphatic carbocycles. The number of guanidine groups is 1. The standard InChI is InChI=1S/C19H31N7S.HI/c1-3-18-24-23-15-26(18)11-8-21-19(20-2)22-13-16-6-9-25(10-7-16)14-17-5-4-12-27-17;/h4-5,12,15-16H,3,6-11,13-14H2,1-2H3,(H2,20,21,22);1H. The minimum absolute atomic E-state index is 0. The molecule has 28 heavy (non-hydrogen) atoms. The van der Waals surface area contributed by atoms with Crippen LogP contribution in [-0.2, 0) is 19.5 Å². The summed E-state index contributed by atoms with van der Waals surface area (Å²) in [4.78, 5) is 8.38. The van der Waals surface area contributed by atoms with Gasteiger partial charge in [-0.1, -0.05) is 13.0 Å². The van der Waals surface area contributed by atoms with Crippen molar-refractivity contribution in [3.8, 4) is 0 Å². The third-order valence-electron chi connectivity index (χ3n) is 5.11. The van der Waals surface area contributed by atoms with Gasteiger partial charge in [-0.2, -0.15) is 0 Å². The Balaban J connectivity index is 0.00000280. The van der Waals surface area contributed by atoms with Gasteiger partial charge in [0.15, 0.2) is 5.96 Å². The van der Waals surface area contributed by atoms with Gasteiger partial charge in [0.25, 0.3) is 0 Å². The van der Waals surface area contributed by atoms with Crippen molar-refractivity contribution in [3.63, 3.8) is 0 Å². The topological polar surface area (TPSA) is 70.4 Å². The lowest BCUT2D eigenvalue weighted by Crippen LogP contribution is -2.43. The molecule has 1 aliphatic heterocycles. The molecule has 0 amide bonds. The maximum absolute atomic E-state index is 4.34. The van der Waals surface area contributed by atoms with Crippen molar-refractivity contribution >= 4 is 41.3 Å². The number of halogens is 1. The van der Waals surface area contributed by atoms with Crippen molar-refractivity contribution in [2.24, 2.45) is 10.9 Å². The van der Waals surface area contributed by atoms with Crippen molar-refractivity contribution < 1.29 is 0 Å². The SMILES string of the molecule is CCc1nncn1CCNC(=NC)NCC1CCN(Cc2cccs2)CC1.I. The Morgan fingerprint density at radius 2 is 2.14 bits per heavy atom. The molecule has 0 atom stereocenters. The largest absolute Gasteiger partial charge is 0.356 e. The summed E-state index contributed by atoms with van der Waals surface area (Å²) in [5.74, 6) is 2.61. The van der Waals surface area contributed by atoms with E-state index in [0.717, 1.165) is 44.4 Å². The molecule has 2 N–H and O–H groups in total. The first-order valence-corrected chi connectivity index (χ1v) is 10.7. The number of rotatable bonds is 8. The van der Waals surface area contributed by atoms with E-state index in [1.54, 1.807) is 6.33 Å². The van der Waals surface area contributed by atoms with Crippen LogP contribution in [0.15, 0.2) is 28.8 Å². The van der Waals surface area contributed by atoms with Gasteiger partial charge in [0.05, 0.1) is 0 Å². The van der Waals surface area contributed by atoms with E-state index in [1.165, 1.54) is 30.8 Å². The number of aromatic nitrogens is 3. The fraction of sp³-hybridized carbons (Fsp3) is 0.632. The van der Waals surface area contributed by atoms with Crippen LogP contribution in [0.3, 0.4) is 0 Å². The average molecular weight is 517 g/mol. The Morgan fingerprint density at radius 3 is 2.82 bits per heavy atom. The zero-order valence-electron chi connectivity index (χ0n) is 16.8. The van der Waals surface area contributed by atoms with Crippen LogP contribution >= 0.6 is 35.3 Å². The van der Waals surface area contributed by atoms with Crippen molar-refractivity contribution in [2.45, 2.75) is 39.3 Å². The second-order valence-corrected chi connectivity index (χ2v) is 8.01. The predicted molar refractivity (Wildman–Crippen MR) is 126 cm³/mol. The average Bonchev–Trinajstić information content (AvgIpc) is 3.37. The van der Waals surface area contributed by atoms with Crippen molar-refractivity contribution in [1.29, 1.82) is 0 Å². The van der Waals surface area contributed by atoms with Gasteiger partial charge in [-0.25, -0.2) is 0 Å². The smallest absolute Gasteiger partial charge is 0.191 e. The third-order valence-corrected chi connectivity index (χ3v) is 5.97. The minimum Gasteiger partial charge on any atom is -0.356 e. The summed E-state index contributed by atoms with van der Waals surface area (Å²) >= 11 is 1.86. The second kappa shape index (κ2) is 12.4. The lowest BCUT2D eigenvalue weighted by molar-refractivity contribution is 0.179. The normalized spacial score (nSPS) is 16.0. The van der Waals surface area contributed by atoms with Crippen LogP contribution in [0.2, 0.25) is 0 Å². The number of hydrogen-bond acceptors (Lipinski definition) is 5. The molecule has 9 heteroatoms. The molecule has 2 aromatic heterocycles. The van der Waals surface area contributed by atoms with Gasteiger partial charge in [-0.05, 0) is 43.3 Å². The molecule has 0 spiro atoms. The number of piperidine rings is 1. The monoisotopic (exact) mass is 517 g/mol. The molecule has 1 saturated heterocycles. The third kappa shape index (κ3) is 7.00. The quantitative estimate of drug-likeness (QED) is 0.320. The highest BCUT2D eigenvalue weighted by atomic mass is 127. The van der Waals surface area contributed by atoms with Gasteiger partial charge in [0, 0.05) is 44.5 Å². The van der Waals surface area contributed by atoms with Gasteiger partial charge >= 0.3 is 0 Å². The first-order valence-electron chi connectivity index (χ1n) is 9.84. The summed E-state index contributed by atoms with van der Waals surface area (Å²) < 4.78 is 2.09. The number of aliphatic imine (C=N–C) groups is 1. The summed E-state index contributed by atoms with van der Waals surface area (Å²) in [7, 11) is 1.83. The maximum Gasteiger partial charge on any atom is 0.191 e. The highest BCUT2D eigenvalue weighted by Crippen LogP contribution is 2.20. The molecular formula is C19H32IN7S. The molecule has 0 aromatic carbocycles. The first kappa shape index (κ1) is 23.1. The van der Waals surface area contributed by atoms with Crippen LogP contribution in [0.1, 0.15) is 30.5 Å². The van der Waals surface area contributed by atoms with E-state index < -0.39 is 0 Å². The van der Waals surface area contributed by atoms with Crippen LogP contribution in [-0.4, -0.2) is 58.9 Å². The summed E-state index contributed by atoms with van der Waals surface area (Å²) in [6.45, 7) is 8.21. The fourth-order valence-electron chi connectivity index (χ4n) is 3.47. The van der Waals surface area contributed by atoms with E-state index in [1.807, 2.05) is 18.4 Å². The van der Waals surface area contributed by atoms with Crippen LogP contribution in [0.4, 0.5) is 0 Å².